The van der Waals surface area contributed by atoms with Crippen LogP contribution in [-0.4, -0.2) is 6.88 Å². The molecule has 1 unspecified atom stereocenters. The zero-order valence-electron chi connectivity index (χ0n) is 30.5. The van der Waals surface area contributed by atoms with Crippen LogP contribution < -0.4 is 0 Å². The van der Waals surface area contributed by atoms with Gasteiger partial charge in [-0.15, -0.1) is 68.6 Å². The van der Waals surface area contributed by atoms with Gasteiger partial charge in [0.2, 0.25) is 0 Å². The Kier molecular flexibility index (Phi) is 13.9. The molecule has 1 atom stereocenters. The molecule has 8 aromatic rings. The van der Waals surface area contributed by atoms with Gasteiger partial charge in [0.25, 0.3) is 0 Å². The zero-order chi connectivity index (χ0) is 33.6. The molecular weight excluding hydrogens is 696 g/mol. The second kappa shape index (κ2) is 17.9. The zero-order valence-corrected chi connectivity index (χ0v) is 33.9. The summed E-state index contributed by atoms with van der Waals surface area (Å²) in [7, 11) is 0. The Bertz CT molecular complexity index is 2310. The van der Waals surface area contributed by atoms with Crippen LogP contribution in [0.2, 0.25) is 0 Å². The van der Waals surface area contributed by atoms with E-state index in [1.807, 2.05) is 0 Å². The van der Waals surface area contributed by atoms with Gasteiger partial charge in [0.1, 0.15) is 0 Å². The average molecular weight is 744 g/mol. The summed E-state index contributed by atoms with van der Waals surface area (Å²) in [6.45, 7) is 12.0. The molecule has 8 aromatic carbocycles. The number of rotatable bonds is 6. The summed E-state index contributed by atoms with van der Waals surface area (Å²) in [5.74, 6) is 0.678. The summed E-state index contributed by atoms with van der Waals surface area (Å²) in [6.07, 6.45) is 3.74. The van der Waals surface area contributed by atoms with Gasteiger partial charge in [-0.05, 0) is 45.0 Å². The van der Waals surface area contributed by atoms with Crippen molar-refractivity contribution < 1.29 is 23.3 Å². The summed E-state index contributed by atoms with van der Waals surface area (Å²) in [5.41, 5.74) is 9.54. The van der Waals surface area contributed by atoms with Gasteiger partial charge in [0.05, 0.1) is 0 Å². The van der Waals surface area contributed by atoms with Crippen LogP contribution in [0, 0.1) is 28.7 Å². The maximum absolute atomic E-state index is 3.06. The van der Waals surface area contributed by atoms with Crippen LogP contribution in [0.5, 0.6) is 0 Å². The number of hydrogen-bond donors (Lipinski definition) is 0. The average Bonchev–Trinajstić information content (AvgIpc) is 3.76. The van der Waals surface area contributed by atoms with E-state index in [1.54, 1.807) is 0 Å². The standard InChI is InChI=1S/C25H25.C21H17.2CH3.Si.Zr/c1-3-9-18(4-2)21-16-20-12-8-15-24(25(20)17-21)23-14-7-11-19-10-5-6-13-22(19)23;1-14-12-20-15(2)10-11-19(21(20)13-14)18-9-5-7-16-6-3-4-8-17(16)18;;;;/h5-8,10-18H,3-4,9H2,1-2H3;3-13H,1-2H3;2*1H3;;/q4*-1;;. The second-order valence-corrected chi connectivity index (χ2v) is 12.8. The third-order valence-electron chi connectivity index (χ3n) is 9.78. The summed E-state index contributed by atoms with van der Waals surface area (Å²) in [4.78, 5) is 0. The van der Waals surface area contributed by atoms with Crippen molar-refractivity contribution in [2.24, 2.45) is 0 Å². The quantitative estimate of drug-likeness (QED) is 0.118. The Hall–Kier alpha value is -3.84. The van der Waals surface area contributed by atoms with E-state index in [0.29, 0.717) is 5.92 Å². The molecule has 0 N–H and O–H groups in total. The van der Waals surface area contributed by atoms with E-state index in [-0.39, 0.29) is 14.9 Å². The van der Waals surface area contributed by atoms with E-state index in [9.17, 15) is 0 Å². The van der Waals surface area contributed by atoms with Crippen LogP contribution in [0.4, 0.5) is 0 Å². The molecule has 0 nitrogen and oxygen atoms in total. The molecule has 252 valence electrons. The van der Waals surface area contributed by atoms with E-state index >= 15 is 0 Å². The van der Waals surface area contributed by atoms with Crippen molar-refractivity contribution in [1.82, 2.24) is 0 Å². The van der Waals surface area contributed by atoms with Crippen LogP contribution in [0.15, 0.2) is 140 Å². The molecule has 2 heteroatoms. The molecule has 0 saturated heterocycles. The predicted molar refractivity (Wildman–Crippen MR) is 221 cm³/mol. The van der Waals surface area contributed by atoms with Crippen molar-refractivity contribution in [3.63, 3.8) is 0 Å². The van der Waals surface area contributed by atoms with Gasteiger partial charge in [-0.1, -0.05) is 149 Å². The minimum atomic E-state index is 0. The third kappa shape index (κ3) is 7.88. The van der Waals surface area contributed by atoms with Crippen molar-refractivity contribution in [2.45, 2.75) is 52.9 Å². The van der Waals surface area contributed by atoms with Gasteiger partial charge in [0, 0.05) is 0 Å². The molecule has 0 aliphatic rings. The van der Waals surface area contributed by atoms with E-state index in [0.717, 1.165) is 0 Å². The Balaban J connectivity index is 0.000000209. The molecule has 50 heavy (non-hydrogen) atoms. The molecule has 0 heterocycles. The van der Waals surface area contributed by atoms with Crippen LogP contribution >= 0.6 is 0 Å². The molecule has 2 radical (unpaired) electrons. The van der Waals surface area contributed by atoms with Gasteiger partial charge < -0.3 is 14.9 Å². The predicted octanol–water partition coefficient (Wildman–Crippen LogP) is 14.2. The van der Waals surface area contributed by atoms with Crippen LogP contribution in [0.3, 0.4) is 0 Å². The van der Waals surface area contributed by atoms with Gasteiger partial charge in [-0.25, -0.2) is 0 Å². The molecule has 0 bridgehead atoms. The van der Waals surface area contributed by atoms with Gasteiger partial charge in [-0.2, -0.15) is 12.1 Å². The summed E-state index contributed by atoms with van der Waals surface area (Å²) >= 11 is 1.36. The third-order valence-corrected chi connectivity index (χ3v) is 9.78. The van der Waals surface area contributed by atoms with E-state index in [2.05, 4.69) is 174 Å². The first kappa shape index (κ1) is 39.0. The first-order chi connectivity index (χ1) is 23.6. The monoisotopic (exact) mass is 742 g/mol. The Labute approximate surface area is 317 Å². The first-order valence-electron chi connectivity index (χ1n) is 17.1. The molecule has 0 aliphatic heterocycles. The van der Waals surface area contributed by atoms with Gasteiger partial charge >= 0.3 is 30.2 Å². The van der Waals surface area contributed by atoms with Gasteiger partial charge in [0.15, 0.2) is 0 Å². The van der Waals surface area contributed by atoms with E-state index < -0.39 is 0 Å². The van der Waals surface area contributed by atoms with Crippen molar-refractivity contribution >= 4 is 50.0 Å². The molecule has 0 aromatic heterocycles. The minimum absolute atomic E-state index is 0. The number of aryl methyl sites for hydroxylation is 2. The van der Waals surface area contributed by atoms with E-state index in [4.69, 9.17) is 0 Å². The molecule has 8 rings (SSSR count). The van der Waals surface area contributed by atoms with Crippen LogP contribution in [0.25, 0.3) is 65.3 Å². The first-order valence-corrected chi connectivity index (χ1v) is 21.3. The summed E-state index contributed by atoms with van der Waals surface area (Å²) in [5, 5.41) is 10.8. The second-order valence-electron chi connectivity index (χ2n) is 12.8. The fourth-order valence-electron chi connectivity index (χ4n) is 7.43. The molecular formula is C48H48SiZr-4. The Morgan fingerprint density at radius 1 is 0.560 bits per heavy atom. The topological polar surface area (TPSA) is 0 Å². The molecule has 0 amide bonds. The number of fused-ring (bicyclic) bond motifs is 4. The van der Waals surface area contributed by atoms with E-state index in [1.165, 1.54) is 125 Å². The summed E-state index contributed by atoms with van der Waals surface area (Å²) < 4.78 is 0. The summed E-state index contributed by atoms with van der Waals surface area (Å²) in [6, 6.07) is 51.2. The van der Waals surface area contributed by atoms with Crippen molar-refractivity contribution in [1.29, 1.82) is 0 Å². The van der Waals surface area contributed by atoms with Crippen molar-refractivity contribution in [3.8, 4) is 22.3 Å². The Morgan fingerprint density at radius 2 is 1.08 bits per heavy atom. The Morgan fingerprint density at radius 3 is 1.66 bits per heavy atom. The van der Waals surface area contributed by atoms with Gasteiger partial charge in [-0.3, -0.25) is 0 Å². The number of hydrogen-bond acceptors (Lipinski definition) is 0. The normalized spacial score (nSPS) is 11.2. The number of benzene rings is 6. The molecule has 0 spiro atoms. The van der Waals surface area contributed by atoms with Crippen LogP contribution in [0.1, 0.15) is 55.7 Å². The van der Waals surface area contributed by atoms with Crippen molar-refractivity contribution in [3.05, 3.63) is 171 Å². The fraction of sp³-hybridized carbons (Fsp3) is 0.167. The maximum atomic E-state index is 3.06. The molecule has 0 saturated carbocycles. The molecule has 0 aliphatic carbocycles. The molecule has 0 fully saturated rings. The fourth-order valence-corrected chi connectivity index (χ4v) is 7.43. The van der Waals surface area contributed by atoms with Crippen molar-refractivity contribution in [2.75, 3.05) is 0 Å². The SMILES string of the molecule is CCCC(CC)c1cc2c(-c3cccc4ccccc34)cccc2[cH-]1.Cc1cc2c(-c3cccc4ccccc34)ccc(C)c2[cH-]1.[CH3-].[CH3-].[Si]=[Zr]. The van der Waals surface area contributed by atoms with Crippen LogP contribution in [-0.2, 0) is 23.3 Å².